The highest BCUT2D eigenvalue weighted by atomic mass is 19.4. The van der Waals surface area contributed by atoms with E-state index in [2.05, 4.69) is 0 Å². The number of nitro benzene ring substituents is 1. The van der Waals surface area contributed by atoms with Crippen LogP contribution in [-0.4, -0.2) is 39.0 Å². The molecule has 0 fully saturated rings. The summed E-state index contributed by atoms with van der Waals surface area (Å²) in [6, 6.07) is 8.17. The quantitative estimate of drug-likeness (QED) is 0.344. The van der Waals surface area contributed by atoms with Gasteiger partial charge in [0.15, 0.2) is 11.6 Å². The largest absolute Gasteiger partial charge is 0.480 e. The van der Waals surface area contributed by atoms with E-state index >= 15 is 0 Å². The third-order valence-electron chi connectivity index (χ3n) is 7.31. The first-order valence-corrected chi connectivity index (χ1v) is 12.6. The number of aliphatic carboxylic acids is 1. The molecule has 3 aliphatic rings. The van der Waals surface area contributed by atoms with Crippen molar-refractivity contribution in [2.24, 2.45) is 0 Å². The minimum absolute atomic E-state index is 0.0255. The molecule has 1 N–H and O–H groups in total. The van der Waals surface area contributed by atoms with Gasteiger partial charge in [-0.05, 0) is 43.9 Å². The van der Waals surface area contributed by atoms with Crippen LogP contribution in [-0.2, 0) is 20.6 Å². The van der Waals surface area contributed by atoms with E-state index in [1.807, 2.05) is 0 Å². The maximum atomic E-state index is 13.4. The zero-order chi connectivity index (χ0) is 28.8. The van der Waals surface area contributed by atoms with E-state index in [-0.39, 0.29) is 41.3 Å². The van der Waals surface area contributed by atoms with Crippen molar-refractivity contribution < 1.29 is 42.3 Å². The molecule has 0 bridgehead atoms. The van der Waals surface area contributed by atoms with Crippen molar-refractivity contribution in [2.75, 3.05) is 6.54 Å². The molecule has 0 amide bonds. The molecule has 0 atom stereocenters. The predicted molar refractivity (Wildman–Crippen MR) is 133 cm³/mol. The van der Waals surface area contributed by atoms with Gasteiger partial charge < -0.3 is 14.7 Å². The van der Waals surface area contributed by atoms with Crippen molar-refractivity contribution in [1.29, 1.82) is 0 Å². The second-order valence-electron chi connectivity index (χ2n) is 9.76. The number of carbonyl (C=O) groups excluding carboxylic acids is 2. The maximum Gasteiger partial charge on any atom is 0.416 e. The molecule has 12 heteroatoms. The Morgan fingerprint density at radius 3 is 2.12 bits per heavy atom. The number of rotatable bonds is 6. The highest BCUT2D eigenvalue weighted by Gasteiger charge is 2.44. The SMILES string of the molecule is O=C(O)CN1C2=C(C(=O)CCC2)C(c2ccccc2Oc2ccc(C(F)(F)F)cc2[N+](=O)[O-])C2=C1CCCC2=O. The van der Waals surface area contributed by atoms with Crippen LogP contribution < -0.4 is 4.74 Å². The number of carbonyl (C=O) groups is 3. The van der Waals surface area contributed by atoms with Crippen LogP contribution in [0, 0.1) is 10.1 Å². The fraction of sp³-hybridized carbons (Fsp3) is 0.321. The third kappa shape index (κ3) is 4.85. The standard InChI is InChI=1S/C28H23F3N2O7/c29-28(30,31)15-11-12-23(19(13-15)33(38)39)40-22-10-2-1-5-16(22)25-26-17(6-3-8-20(26)34)32(14-24(36)37)18-7-4-9-21(35)27(18)25/h1-2,5,10-13,25H,3-4,6-9,14H2,(H,36,37). The van der Waals surface area contributed by atoms with Gasteiger partial charge in [-0.2, -0.15) is 13.2 Å². The second-order valence-corrected chi connectivity index (χ2v) is 9.76. The highest BCUT2D eigenvalue weighted by Crippen LogP contribution is 2.51. The highest BCUT2D eigenvalue weighted by molar-refractivity contribution is 6.06. The Kier molecular flexibility index (Phi) is 6.94. The molecule has 1 heterocycles. The summed E-state index contributed by atoms with van der Waals surface area (Å²) in [5.74, 6) is -2.95. The number of halogens is 3. The Morgan fingerprint density at radius 2 is 1.57 bits per heavy atom. The van der Waals surface area contributed by atoms with Crippen molar-refractivity contribution >= 4 is 23.2 Å². The smallest absolute Gasteiger partial charge is 0.416 e. The number of carboxylic acids is 1. The van der Waals surface area contributed by atoms with E-state index in [9.17, 15) is 42.8 Å². The molecule has 0 saturated carbocycles. The number of para-hydroxylation sites is 1. The molecule has 5 rings (SSSR count). The van der Waals surface area contributed by atoms with E-state index in [0.717, 1.165) is 6.07 Å². The number of hydrogen-bond donors (Lipinski definition) is 1. The average molecular weight is 556 g/mol. The van der Waals surface area contributed by atoms with Gasteiger partial charge in [0.1, 0.15) is 12.3 Å². The number of Topliss-reactive ketones (excluding diaryl/α,β-unsaturated/α-hetero) is 2. The van der Waals surface area contributed by atoms with Crippen LogP contribution in [0.4, 0.5) is 18.9 Å². The minimum Gasteiger partial charge on any atom is -0.480 e. The molecule has 0 saturated heterocycles. The van der Waals surface area contributed by atoms with Gasteiger partial charge in [-0.1, -0.05) is 18.2 Å². The first-order valence-electron chi connectivity index (χ1n) is 12.6. The molecule has 40 heavy (non-hydrogen) atoms. The van der Waals surface area contributed by atoms with Gasteiger partial charge >= 0.3 is 17.8 Å². The molecule has 0 unspecified atom stereocenters. The van der Waals surface area contributed by atoms with Crippen LogP contribution >= 0.6 is 0 Å². The average Bonchev–Trinajstić information content (AvgIpc) is 2.89. The van der Waals surface area contributed by atoms with Gasteiger partial charge in [0.05, 0.1) is 10.5 Å². The molecule has 0 spiro atoms. The topological polar surface area (TPSA) is 127 Å². The fourth-order valence-corrected chi connectivity index (χ4v) is 5.71. The molecule has 2 aromatic rings. The van der Waals surface area contributed by atoms with Crippen LogP contribution in [0.25, 0.3) is 0 Å². The number of carboxylic acid groups (broad SMARTS) is 1. The summed E-state index contributed by atoms with van der Waals surface area (Å²) in [5, 5.41) is 21.3. The number of allylic oxidation sites excluding steroid dienone is 4. The summed E-state index contributed by atoms with van der Waals surface area (Å²) in [6.45, 7) is -0.416. The van der Waals surface area contributed by atoms with Gasteiger partial charge in [0.25, 0.3) is 0 Å². The lowest BCUT2D eigenvalue weighted by atomic mass is 9.70. The van der Waals surface area contributed by atoms with Crippen LogP contribution in [0.2, 0.25) is 0 Å². The molecular formula is C28H23F3N2O7. The molecule has 0 aromatic heterocycles. The van der Waals surface area contributed by atoms with Gasteiger partial charge in [0.2, 0.25) is 5.75 Å². The predicted octanol–water partition coefficient (Wildman–Crippen LogP) is 5.90. The molecule has 208 valence electrons. The van der Waals surface area contributed by atoms with Crippen LogP contribution in [0.3, 0.4) is 0 Å². The molecule has 0 radical (unpaired) electrons. The number of benzene rings is 2. The molecule has 1 aliphatic heterocycles. The zero-order valence-corrected chi connectivity index (χ0v) is 21.0. The number of hydrogen-bond acceptors (Lipinski definition) is 7. The first-order chi connectivity index (χ1) is 19.0. The summed E-state index contributed by atoms with van der Waals surface area (Å²) in [6.07, 6.45) is -2.56. The normalized spacial score (nSPS) is 18.0. The number of ketones is 2. The number of ether oxygens (including phenoxy) is 1. The molecule has 9 nitrogen and oxygen atoms in total. The van der Waals surface area contributed by atoms with Crippen LogP contribution in [0.5, 0.6) is 11.5 Å². The van der Waals surface area contributed by atoms with Crippen LogP contribution in [0.1, 0.15) is 55.6 Å². The van der Waals surface area contributed by atoms with E-state index in [1.54, 1.807) is 23.1 Å². The number of alkyl halides is 3. The Morgan fingerprint density at radius 1 is 0.975 bits per heavy atom. The Hall–Kier alpha value is -4.48. The second kappa shape index (κ2) is 10.2. The fourth-order valence-electron chi connectivity index (χ4n) is 5.71. The van der Waals surface area contributed by atoms with E-state index in [4.69, 9.17) is 4.74 Å². The van der Waals surface area contributed by atoms with Crippen molar-refractivity contribution in [3.8, 4) is 11.5 Å². The van der Waals surface area contributed by atoms with Gasteiger partial charge in [-0.3, -0.25) is 24.5 Å². The lowest BCUT2D eigenvalue weighted by Gasteiger charge is -2.43. The summed E-state index contributed by atoms with van der Waals surface area (Å²) in [4.78, 5) is 50.7. The maximum absolute atomic E-state index is 13.4. The van der Waals surface area contributed by atoms with Crippen molar-refractivity contribution in [1.82, 2.24) is 4.90 Å². The number of nitro groups is 1. The summed E-state index contributed by atoms with van der Waals surface area (Å²) < 4.78 is 45.5. The summed E-state index contributed by atoms with van der Waals surface area (Å²) in [5.41, 5.74) is -0.185. The van der Waals surface area contributed by atoms with E-state index in [1.165, 1.54) is 6.07 Å². The van der Waals surface area contributed by atoms with Crippen LogP contribution in [0.15, 0.2) is 65.0 Å². The third-order valence-corrected chi connectivity index (χ3v) is 7.31. The molecular weight excluding hydrogens is 533 g/mol. The van der Waals surface area contributed by atoms with Gasteiger partial charge in [0, 0.05) is 52.9 Å². The Balaban J connectivity index is 1.68. The van der Waals surface area contributed by atoms with Gasteiger partial charge in [-0.15, -0.1) is 0 Å². The van der Waals surface area contributed by atoms with E-state index < -0.39 is 46.5 Å². The monoisotopic (exact) mass is 556 g/mol. The molecule has 2 aliphatic carbocycles. The summed E-state index contributed by atoms with van der Waals surface area (Å²) >= 11 is 0. The number of nitrogens with zero attached hydrogens (tertiary/aromatic N) is 2. The van der Waals surface area contributed by atoms with Crippen molar-refractivity contribution in [3.05, 3.63) is 86.2 Å². The van der Waals surface area contributed by atoms with Gasteiger partial charge in [-0.25, -0.2) is 0 Å². The lowest BCUT2D eigenvalue weighted by Crippen LogP contribution is -2.41. The summed E-state index contributed by atoms with van der Waals surface area (Å²) in [7, 11) is 0. The minimum atomic E-state index is -4.81. The van der Waals surface area contributed by atoms with Crippen molar-refractivity contribution in [3.63, 3.8) is 0 Å². The van der Waals surface area contributed by atoms with Crippen molar-refractivity contribution in [2.45, 2.75) is 50.6 Å². The zero-order valence-electron chi connectivity index (χ0n) is 21.0. The first kappa shape index (κ1) is 27.1. The Labute approximate surface area is 225 Å². The Bertz CT molecular complexity index is 1470. The molecule has 2 aromatic carbocycles. The van der Waals surface area contributed by atoms with E-state index in [0.29, 0.717) is 54.8 Å². The lowest BCUT2D eigenvalue weighted by molar-refractivity contribution is -0.385.